The Labute approximate surface area is 206 Å². The normalized spacial score (nSPS) is 19.9. The maximum atomic E-state index is 12.5. The molecule has 2 saturated heterocycles. The van der Waals surface area contributed by atoms with Crippen LogP contribution >= 0.6 is 0 Å². The molecule has 2 atom stereocenters. The second kappa shape index (κ2) is 10.8. The minimum atomic E-state index is -1.30. The van der Waals surface area contributed by atoms with Crippen LogP contribution in [-0.4, -0.2) is 57.6 Å². The minimum absolute atomic E-state index is 0.0597. The standard InChI is InChI=1S/C26H22N2O8/c29-21-13-19(25(33)27(21)15-17-7-3-1-4-8-17)35-23(31)11-12-24(32)36-20-14-22(30)28(26(20)34)16-18-9-5-2-6-10-18/h1-12,19-20H,13-16H2/b12-11+/t19-,20-/m0/s1. The molecule has 2 heterocycles. The molecule has 2 fully saturated rings. The maximum Gasteiger partial charge on any atom is 0.331 e. The number of hydrogen-bond donors (Lipinski definition) is 0. The Balaban J connectivity index is 1.27. The fourth-order valence-corrected chi connectivity index (χ4v) is 3.85. The molecule has 2 aliphatic heterocycles. The smallest absolute Gasteiger partial charge is 0.331 e. The molecule has 0 N–H and O–H groups in total. The summed E-state index contributed by atoms with van der Waals surface area (Å²) in [7, 11) is 0. The van der Waals surface area contributed by atoms with Gasteiger partial charge in [-0.2, -0.15) is 0 Å². The van der Waals surface area contributed by atoms with Crippen LogP contribution in [-0.2, 0) is 51.3 Å². The van der Waals surface area contributed by atoms with E-state index in [9.17, 15) is 28.8 Å². The van der Waals surface area contributed by atoms with Gasteiger partial charge >= 0.3 is 11.9 Å². The second-order valence-corrected chi connectivity index (χ2v) is 8.20. The molecule has 0 radical (unpaired) electrons. The van der Waals surface area contributed by atoms with Gasteiger partial charge in [0.25, 0.3) is 11.8 Å². The van der Waals surface area contributed by atoms with Crippen molar-refractivity contribution in [3.05, 3.63) is 83.9 Å². The number of carbonyl (C=O) groups is 6. The quantitative estimate of drug-likeness (QED) is 0.308. The van der Waals surface area contributed by atoms with Crippen molar-refractivity contribution in [1.82, 2.24) is 9.80 Å². The van der Waals surface area contributed by atoms with E-state index in [-0.39, 0.29) is 25.9 Å². The molecule has 184 valence electrons. The largest absolute Gasteiger partial charge is 0.449 e. The molecule has 10 heteroatoms. The van der Waals surface area contributed by atoms with Gasteiger partial charge in [-0.3, -0.25) is 29.0 Å². The lowest BCUT2D eigenvalue weighted by Gasteiger charge is -2.15. The van der Waals surface area contributed by atoms with Gasteiger partial charge in [0.2, 0.25) is 11.8 Å². The summed E-state index contributed by atoms with van der Waals surface area (Å²) < 4.78 is 10.1. The molecular weight excluding hydrogens is 468 g/mol. The first-order valence-electron chi connectivity index (χ1n) is 11.2. The van der Waals surface area contributed by atoms with Crippen molar-refractivity contribution in [1.29, 1.82) is 0 Å². The first kappa shape index (κ1) is 24.5. The summed E-state index contributed by atoms with van der Waals surface area (Å²) in [6.07, 6.45) is -1.71. The highest BCUT2D eigenvalue weighted by atomic mass is 16.6. The van der Waals surface area contributed by atoms with E-state index in [0.29, 0.717) is 0 Å². The van der Waals surface area contributed by atoms with Crippen LogP contribution in [0, 0.1) is 0 Å². The van der Waals surface area contributed by atoms with E-state index in [1.165, 1.54) is 0 Å². The third-order valence-corrected chi connectivity index (χ3v) is 5.64. The van der Waals surface area contributed by atoms with Crippen LogP contribution in [0.5, 0.6) is 0 Å². The summed E-state index contributed by atoms with van der Waals surface area (Å²) in [6.45, 7) is 0.119. The summed E-state index contributed by atoms with van der Waals surface area (Å²) in [5.74, 6) is -4.31. The van der Waals surface area contributed by atoms with E-state index in [4.69, 9.17) is 9.47 Å². The van der Waals surface area contributed by atoms with E-state index in [1.54, 1.807) is 60.7 Å². The van der Waals surface area contributed by atoms with Gasteiger partial charge in [0.05, 0.1) is 25.9 Å². The summed E-state index contributed by atoms with van der Waals surface area (Å²) in [6, 6.07) is 17.8. The Kier molecular flexibility index (Phi) is 7.33. The number of nitrogens with zero attached hydrogens (tertiary/aromatic N) is 2. The monoisotopic (exact) mass is 490 g/mol. The van der Waals surface area contributed by atoms with Gasteiger partial charge in [0.1, 0.15) is 0 Å². The van der Waals surface area contributed by atoms with Crippen LogP contribution in [0.1, 0.15) is 24.0 Å². The number of carbonyl (C=O) groups excluding carboxylic acids is 6. The molecule has 4 amide bonds. The molecule has 0 spiro atoms. The molecule has 0 unspecified atom stereocenters. The minimum Gasteiger partial charge on any atom is -0.449 e. The van der Waals surface area contributed by atoms with Gasteiger partial charge < -0.3 is 9.47 Å². The lowest BCUT2D eigenvalue weighted by Crippen LogP contribution is -2.33. The molecule has 0 aliphatic carbocycles. The van der Waals surface area contributed by atoms with E-state index in [2.05, 4.69) is 0 Å². The highest BCUT2D eigenvalue weighted by Crippen LogP contribution is 2.21. The zero-order valence-electron chi connectivity index (χ0n) is 19.1. The highest BCUT2D eigenvalue weighted by Gasteiger charge is 2.42. The van der Waals surface area contributed by atoms with Crippen LogP contribution in [0.15, 0.2) is 72.8 Å². The van der Waals surface area contributed by atoms with Crippen LogP contribution in [0.2, 0.25) is 0 Å². The molecule has 2 aliphatic rings. The zero-order valence-corrected chi connectivity index (χ0v) is 19.1. The van der Waals surface area contributed by atoms with Crippen molar-refractivity contribution < 1.29 is 38.2 Å². The first-order chi connectivity index (χ1) is 17.3. The van der Waals surface area contributed by atoms with Crippen molar-refractivity contribution in [3.8, 4) is 0 Å². The van der Waals surface area contributed by atoms with Crippen LogP contribution in [0.3, 0.4) is 0 Å². The zero-order chi connectivity index (χ0) is 25.7. The predicted octanol–water partition coefficient (Wildman–Crippen LogP) is 1.28. The topological polar surface area (TPSA) is 127 Å². The molecule has 0 bridgehead atoms. The maximum absolute atomic E-state index is 12.5. The lowest BCUT2D eigenvalue weighted by atomic mass is 10.2. The van der Waals surface area contributed by atoms with Crippen molar-refractivity contribution in [3.63, 3.8) is 0 Å². The van der Waals surface area contributed by atoms with E-state index < -0.39 is 47.8 Å². The molecule has 10 nitrogen and oxygen atoms in total. The average molecular weight is 490 g/mol. The molecule has 36 heavy (non-hydrogen) atoms. The fourth-order valence-electron chi connectivity index (χ4n) is 3.85. The number of rotatable bonds is 8. The van der Waals surface area contributed by atoms with Gasteiger partial charge in [-0.25, -0.2) is 9.59 Å². The van der Waals surface area contributed by atoms with Crippen LogP contribution < -0.4 is 0 Å². The summed E-state index contributed by atoms with van der Waals surface area (Å²) in [5.41, 5.74) is 1.49. The Bertz CT molecular complexity index is 1130. The van der Waals surface area contributed by atoms with Gasteiger partial charge in [-0.1, -0.05) is 60.7 Å². The van der Waals surface area contributed by atoms with Crippen molar-refractivity contribution >= 4 is 35.6 Å². The SMILES string of the molecule is O=C(/C=C/C(=O)O[C@H]1CC(=O)N(Cc2ccccc2)C1=O)O[C@H]1CC(=O)N(Cc2ccccc2)C1=O. The molecule has 2 aromatic carbocycles. The molecule has 2 aromatic rings. The Morgan fingerprint density at radius 1 is 0.667 bits per heavy atom. The number of amides is 4. The predicted molar refractivity (Wildman–Crippen MR) is 122 cm³/mol. The fraction of sp³-hybridized carbons (Fsp3) is 0.231. The van der Waals surface area contributed by atoms with E-state index >= 15 is 0 Å². The number of hydrogen-bond acceptors (Lipinski definition) is 8. The van der Waals surface area contributed by atoms with E-state index in [0.717, 1.165) is 33.1 Å². The third kappa shape index (κ3) is 5.72. The van der Waals surface area contributed by atoms with Gasteiger partial charge in [-0.15, -0.1) is 0 Å². The van der Waals surface area contributed by atoms with Crippen molar-refractivity contribution in [2.75, 3.05) is 0 Å². The molecule has 4 rings (SSSR count). The first-order valence-corrected chi connectivity index (χ1v) is 11.2. The van der Waals surface area contributed by atoms with E-state index in [1.807, 2.05) is 0 Å². The summed E-state index contributed by atoms with van der Waals surface area (Å²) in [5, 5.41) is 0. The number of esters is 2. The van der Waals surface area contributed by atoms with Crippen molar-refractivity contribution in [2.24, 2.45) is 0 Å². The number of benzene rings is 2. The number of ether oxygens (including phenoxy) is 2. The summed E-state index contributed by atoms with van der Waals surface area (Å²) >= 11 is 0. The number of imide groups is 2. The van der Waals surface area contributed by atoms with Crippen molar-refractivity contribution in [2.45, 2.75) is 38.1 Å². The number of likely N-dealkylation sites (tertiary alicyclic amines) is 2. The Morgan fingerprint density at radius 2 is 1.03 bits per heavy atom. The second-order valence-electron chi connectivity index (χ2n) is 8.20. The van der Waals surface area contributed by atoms with Crippen LogP contribution in [0.25, 0.3) is 0 Å². The van der Waals surface area contributed by atoms with Gasteiger partial charge in [0, 0.05) is 12.2 Å². The lowest BCUT2D eigenvalue weighted by molar-refractivity contribution is -0.153. The van der Waals surface area contributed by atoms with Crippen LogP contribution in [0.4, 0.5) is 0 Å². The average Bonchev–Trinajstić information content (AvgIpc) is 3.28. The van der Waals surface area contributed by atoms with Gasteiger partial charge in [0.15, 0.2) is 12.2 Å². The highest BCUT2D eigenvalue weighted by molar-refractivity contribution is 6.07. The van der Waals surface area contributed by atoms with Gasteiger partial charge in [-0.05, 0) is 11.1 Å². The molecule has 0 aromatic heterocycles. The Hall–Kier alpha value is -4.60. The molecular formula is C26H22N2O8. The third-order valence-electron chi connectivity index (χ3n) is 5.64. The molecule has 0 saturated carbocycles. The Morgan fingerprint density at radius 3 is 1.39 bits per heavy atom. The summed E-state index contributed by atoms with van der Waals surface area (Å²) in [4.78, 5) is 75.6.